The van der Waals surface area contributed by atoms with Crippen molar-refractivity contribution in [2.24, 2.45) is 0 Å². The molecule has 0 rings (SSSR count). The minimum Gasteiger partial charge on any atom is -0.462 e. The molecule has 0 aromatic heterocycles. The average molecular weight is 757 g/mol. The van der Waals surface area contributed by atoms with Crippen LogP contribution in [0.25, 0.3) is 0 Å². The second kappa shape index (κ2) is 45.3. The quantitative estimate of drug-likeness (QED) is 0.0353. The first-order valence-electron chi connectivity index (χ1n) is 23.2. The van der Waals surface area contributed by atoms with Gasteiger partial charge >= 0.3 is 11.9 Å². The summed E-state index contributed by atoms with van der Waals surface area (Å²) in [7, 11) is 0. The Morgan fingerprint density at radius 1 is 0.407 bits per heavy atom. The number of carbonyl (C=O) groups excluding carboxylic acids is 2. The summed E-state index contributed by atoms with van der Waals surface area (Å²) in [6.07, 6.45) is 54.0. The number of allylic oxidation sites excluding steroid dienone is 8. The van der Waals surface area contributed by atoms with E-state index in [1.807, 2.05) is 0 Å². The highest BCUT2D eigenvalue weighted by Crippen LogP contribution is 2.13. The third-order valence-corrected chi connectivity index (χ3v) is 9.84. The zero-order valence-corrected chi connectivity index (χ0v) is 36.0. The lowest BCUT2D eigenvalue weighted by molar-refractivity contribution is -0.163. The molecule has 0 heterocycles. The van der Waals surface area contributed by atoms with Crippen molar-refractivity contribution in [2.75, 3.05) is 19.8 Å². The van der Waals surface area contributed by atoms with Crippen LogP contribution >= 0.6 is 0 Å². The Morgan fingerprint density at radius 2 is 0.778 bits per heavy atom. The molecule has 0 aliphatic heterocycles. The maximum Gasteiger partial charge on any atom is 0.306 e. The summed E-state index contributed by atoms with van der Waals surface area (Å²) in [5.41, 5.74) is 0. The fraction of sp³-hybridized carbons (Fsp3) is 0.796. The van der Waals surface area contributed by atoms with E-state index in [0.717, 1.165) is 64.2 Å². The maximum absolute atomic E-state index is 12.6. The van der Waals surface area contributed by atoms with E-state index in [1.54, 1.807) is 0 Å². The Bertz CT molecular complexity index is 904. The number of hydrogen-bond acceptors (Lipinski definition) is 5. The molecule has 0 amide bonds. The minimum absolute atomic E-state index is 0.0749. The third kappa shape index (κ3) is 42.6. The molecule has 0 fully saturated rings. The van der Waals surface area contributed by atoms with Crippen molar-refractivity contribution in [3.05, 3.63) is 48.6 Å². The standard InChI is InChI=1S/C49H88O5/c1-4-7-10-13-16-18-20-22-24-26-28-30-32-35-38-41-44-52-45-47(54-49(51)43-40-37-33-15-12-9-6-3)46-53-48(50)42-39-36-34-31-29-27-25-23-21-19-17-14-11-8-5-2/h16-19,22-25,47H,4-15,20-21,26-46H2,1-3H3/b18-16-,19-17-,24-22-,25-23-. The highest BCUT2D eigenvalue weighted by atomic mass is 16.6. The molecule has 314 valence electrons. The molecule has 0 aromatic carbocycles. The molecule has 5 nitrogen and oxygen atoms in total. The Kier molecular flexibility index (Phi) is 43.5. The van der Waals surface area contributed by atoms with Gasteiger partial charge in [0.25, 0.3) is 0 Å². The monoisotopic (exact) mass is 757 g/mol. The summed E-state index contributed by atoms with van der Waals surface area (Å²) in [6, 6.07) is 0. The Balaban J connectivity index is 4.19. The van der Waals surface area contributed by atoms with Crippen LogP contribution in [0.4, 0.5) is 0 Å². The lowest BCUT2D eigenvalue weighted by Crippen LogP contribution is -2.30. The van der Waals surface area contributed by atoms with E-state index in [4.69, 9.17) is 14.2 Å². The Morgan fingerprint density at radius 3 is 1.26 bits per heavy atom. The summed E-state index contributed by atoms with van der Waals surface area (Å²) < 4.78 is 17.3. The molecule has 0 radical (unpaired) electrons. The molecule has 0 aliphatic carbocycles. The van der Waals surface area contributed by atoms with Crippen molar-refractivity contribution < 1.29 is 23.8 Å². The van der Waals surface area contributed by atoms with Crippen molar-refractivity contribution in [3.63, 3.8) is 0 Å². The van der Waals surface area contributed by atoms with Gasteiger partial charge in [-0.25, -0.2) is 0 Å². The average Bonchev–Trinajstić information content (AvgIpc) is 3.17. The number of rotatable bonds is 42. The maximum atomic E-state index is 12.6. The molecule has 1 unspecified atom stereocenters. The van der Waals surface area contributed by atoms with Crippen LogP contribution in [-0.2, 0) is 23.8 Å². The number of hydrogen-bond donors (Lipinski definition) is 0. The van der Waals surface area contributed by atoms with E-state index in [1.165, 1.54) is 128 Å². The van der Waals surface area contributed by atoms with E-state index >= 15 is 0 Å². The molecular weight excluding hydrogens is 669 g/mol. The molecular formula is C49H88O5. The normalized spacial score (nSPS) is 12.6. The first-order valence-corrected chi connectivity index (χ1v) is 23.2. The van der Waals surface area contributed by atoms with Crippen LogP contribution in [0.1, 0.15) is 226 Å². The van der Waals surface area contributed by atoms with Gasteiger partial charge in [-0.2, -0.15) is 0 Å². The van der Waals surface area contributed by atoms with Gasteiger partial charge in [-0.15, -0.1) is 0 Å². The molecule has 0 bridgehead atoms. The number of esters is 2. The molecule has 54 heavy (non-hydrogen) atoms. The van der Waals surface area contributed by atoms with E-state index in [-0.39, 0.29) is 25.2 Å². The minimum atomic E-state index is -0.541. The van der Waals surface area contributed by atoms with Gasteiger partial charge in [-0.3, -0.25) is 9.59 Å². The second-order valence-electron chi connectivity index (χ2n) is 15.3. The first kappa shape index (κ1) is 51.9. The van der Waals surface area contributed by atoms with Crippen LogP contribution in [0.15, 0.2) is 48.6 Å². The lowest BCUT2D eigenvalue weighted by Gasteiger charge is -2.18. The molecule has 0 saturated heterocycles. The summed E-state index contributed by atoms with van der Waals surface area (Å²) in [6.45, 7) is 7.71. The predicted octanol–water partition coefficient (Wildman–Crippen LogP) is 15.2. The van der Waals surface area contributed by atoms with Gasteiger partial charge < -0.3 is 14.2 Å². The van der Waals surface area contributed by atoms with Crippen LogP contribution in [0.2, 0.25) is 0 Å². The van der Waals surface area contributed by atoms with E-state index in [0.29, 0.717) is 19.4 Å². The number of ether oxygens (including phenoxy) is 3. The van der Waals surface area contributed by atoms with Crippen LogP contribution in [0, 0.1) is 0 Å². The van der Waals surface area contributed by atoms with Crippen molar-refractivity contribution in [3.8, 4) is 0 Å². The topological polar surface area (TPSA) is 61.8 Å². The first-order chi connectivity index (χ1) is 26.6. The van der Waals surface area contributed by atoms with Gasteiger partial charge in [-0.05, 0) is 83.5 Å². The van der Waals surface area contributed by atoms with Gasteiger partial charge in [0.1, 0.15) is 6.61 Å². The largest absolute Gasteiger partial charge is 0.462 e. The summed E-state index contributed by atoms with van der Waals surface area (Å²) in [4.78, 5) is 25.1. The van der Waals surface area contributed by atoms with Crippen LogP contribution < -0.4 is 0 Å². The second-order valence-corrected chi connectivity index (χ2v) is 15.3. The van der Waals surface area contributed by atoms with Crippen LogP contribution in [0.3, 0.4) is 0 Å². The molecule has 0 N–H and O–H groups in total. The molecule has 0 aliphatic rings. The third-order valence-electron chi connectivity index (χ3n) is 9.84. The molecule has 5 heteroatoms. The van der Waals surface area contributed by atoms with E-state index in [9.17, 15) is 9.59 Å². The van der Waals surface area contributed by atoms with Crippen LogP contribution in [-0.4, -0.2) is 37.9 Å². The molecule has 0 aromatic rings. The summed E-state index contributed by atoms with van der Waals surface area (Å²) in [5, 5.41) is 0. The van der Waals surface area contributed by atoms with E-state index in [2.05, 4.69) is 69.4 Å². The smallest absolute Gasteiger partial charge is 0.306 e. The van der Waals surface area contributed by atoms with Crippen molar-refractivity contribution in [2.45, 2.75) is 232 Å². The SMILES string of the molecule is CCCCC/C=C\C/C=C\CCCCCCCCOCC(COC(=O)CCCCCCC/C=C\C/C=C\CCCCC)OC(=O)CCCCCCCCC. The summed E-state index contributed by atoms with van der Waals surface area (Å²) >= 11 is 0. The Hall–Kier alpha value is -2.14. The van der Waals surface area contributed by atoms with Crippen molar-refractivity contribution in [1.29, 1.82) is 0 Å². The van der Waals surface area contributed by atoms with Crippen LogP contribution in [0.5, 0.6) is 0 Å². The molecule has 1 atom stereocenters. The highest BCUT2D eigenvalue weighted by molar-refractivity contribution is 5.70. The van der Waals surface area contributed by atoms with Gasteiger partial charge in [0.05, 0.1) is 6.61 Å². The Labute approximate surface area is 335 Å². The van der Waals surface area contributed by atoms with E-state index < -0.39 is 6.10 Å². The molecule has 0 saturated carbocycles. The van der Waals surface area contributed by atoms with Crippen molar-refractivity contribution in [1.82, 2.24) is 0 Å². The number of unbranched alkanes of at least 4 members (excludes halogenated alkanes) is 23. The highest BCUT2D eigenvalue weighted by Gasteiger charge is 2.17. The number of carbonyl (C=O) groups is 2. The fourth-order valence-corrected chi connectivity index (χ4v) is 6.33. The lowest BCUT2D eigenvalue weighted by atomic mass is 10.1. The van der Waals surface area contributed by atoms with Gasteiger partial charge in [-0.1, -0.05) is 179 Å². The van der Waals surface area contributed by atoms with Gasteiger partial charge in [0.15, 0.2) is 6.10 Å². The predicted molar refractivity (Wildman–Crippen MR) is 233 cm³/mol. The molecule has 0 spiro atoms. The van der Waals surface area contributed by atoms with Gasteiger partial charge in [0, 0.05) is 19.4 Å². The zero-order valence-electron chi connectivity index (χ0n) is 36.0. The fourth-order valence-electron chi connectivity index (χ4n) is 6.33. The summed E-state index contributed by atoms with van der Waals surface area (Å²) in [5.74, 6) is -0.422. The van der Waals surface area contributed by atoms with Gasteiger partial charge in [0.2, 0.25) is 0 Å². The van der Waals surface area contributed by atoms with Crippen molar-refractivity contribution >= 4 is 11.9 Å². The zero-order chi connectivity index (χ0) is 39.3.